The van der Waals surface area contributed by atoms with Crippen LogP contribution in [0.3, 0.4) is 0 Å². The minimum absolute atomic E-state index is 0.107. The Morgan fingerprint density at radius 3 is 3.24 bits per heavy atom. The molecule has 2 amide bonds. The van der Waals surface area contributed by atoms with Gasteiger partial charge in [-0.15, -0.1) is 0 Å². The summed E-state index contributed by atoms with van der Waals surface area (Å²) >= 11 is 0. The van der Waals surface area contributed by atoms with E-state index in [0.717, 1.165) is 39.0 Å². The summed E-state index contributed by atoms with van der Waals surface area (Å²) < 4.78 is 0. The van der Waals surface area contributed by atoms with E-state index >= 15 is 0 Å². The van der Waals surface area contributed by atoms with E-state index in [4.69, 9.17) is 0 Å². The van der Waals surface area contributed by atoms with Crippen molar-refractivity contribution >= 4 is 6.03 Å². The lowest BCUT2D eigenvalue weighted by Gasteiger charge is -2.31. The molecule has 0 radical (unpaired) electrons. The summed E-state index contributed by atoms with van der Waals surface area (Å²) in [4.78, 5) is 13.9. The van der Waals surface area contributed by atoms with Crippen molar-refractivity contribution in [2.24, 2.45) is 5.92 Å². The van der Waals surface area contributed by atoms with Gasteiger partial charge < -0.3 is 15.5 Å². The van der Waals surface area contributed by atoms with E-state index in [1.165, 1.54) is 12.0 Å². The number of nitrogens with zero attached hydrogens (tertiary/aromatic N) is 1. The molecule has 2 rings (SSSR count). The Morgan fingerprint density at radius 1 is 1.65 bits per heavy atom. The van der Waals surface area contributed by atoms with Gasteiger partial charge in [-0.05, 0) is 31.7 Å². The highest BCUT2D eigenvalue weighted by Crippen LogP contribution is 2.15. The zero-order valence-corrected chi connectivity index (χ0v) is 10.7. The number of amides is 2. The lowest BCUT2D eigenvalue weighted by molar-refractivity contribution is 0.170. The highest BCUT2D eigenvalue weighted by molar-refractivity contribution is 5.74. The van der Waals surface area contributed by atoms with Crippen LogP contribution in [0.4, 0.5) is 4.79 Å². The summed E-state index contributed by atoms with van der Waals surface area (Å²) in [6, 6.07) is 0.107. The third kappa shape index (κ3) is 3.73. The number of likely N-dealkylation sites (tertiary alicyclic amines) is 1. The average Bonchev–Trinajstić information content (AvgIpc) is 2.37. The summed E-state index contributed by atoms with van der Waals surface area (Å²) in [5.74, 6) is 0.646. The molecule has 0 aromatic carbocycles. The van der Waals surface area contributed by atoms with Crippen molar-refractivity contribution in [2.75, 3.05) is 32.7 Å². The monoisotopic (exact) mass is 237 g/mol. The number of hydrogen-bond acceptors (Lipinski definition) is 2. The molecule has 2 aliphatic rings. The number of piperidine rings is 1. The fourth-order valence-electron chi connectivity index (χ4n) is 2.50. The summed E-state index contributed by atoms with van der Waals surface area (Å²) in [6.45, 7) is 6.72. The van der Waals surface area contributed by atoms with Gasteiger partial charge in [0.1, 0.15) is 0 Å². The second-order valence-corrected chi connectivity index (χ2v) is 5.17. The molecule has 4 heteroatoms. The van der Waals surface area contributed by atoms with Crippen molar-refractivity contribution in [2.45, 2.75) is 26.2 Å². The van der Waals surface area contributed by atoms with Crippen molar-refractivity contribution in [3.05, 3.63) is 11.6 Å². The Hall–Kier alpha value is -1.03. The highest BCUT2D eigenvalue weighted by atomic mass is 16.2. The van der Waals surface area contributed by atoms with E-state index in [-0.39, 0.29) is 6.03 Å². The molecule has 0 bridgehead atoms. The zero-order valence-electron chi connectivity index (χ0n) is 10.7. The van der Waals surface area contributed by atoms with E-state index in [2.05, 4.69) is 23.6 Å². The van der Waals surface area contributed by atoms with Crippen LogP contribution in [0.15, 0.2) is 11.6 Å². The van der Waals surface area contributed by atoms with Gasteiger partial charge in [0.15, 0.2) is 0 Å². The Morgan fingerprint density at radius 2 is 2.53 bits per heavy atom. The molecule has 1 saturated heterocycles. The molecule has 0 aliphatic carbocycles. The minimum atomic E-state index is 0.107. The minimum Gasteiger partial charge on any atom is -0.334 e. The second kappa shape index (κ2) is 6.05. The maximum atomic E-state index is 12.0. The number of rotatable bonds is 2. The third-order valence-corrected chi connectivity index (χ3v) is 3.57. The fraction of sp³-hybridized carbons (Fsp3) is 0.769. The van der Waals surface area contributed by atoms with Crippen LogP contribution in [0.5, 0.6) is 0 Å². The molecule has 1 fully saturated rings. The lowest BCUT2D eigenvalue weighted by Crippen LogP contribution is -2.45. The lowest BCUT2D eigenvalue weighted by atomic mass is 10.0. The maximum absolute atomic E-state index is 12.0. The molecule has 0 aromatic rings. The van der Waals surface area contributed by atoms with Crippen molar-refractivity contribution in [1.29, 1.82) is 0 Å². The van der Waals surface area contributed by atoms with E-state index in [9.17, 15) is 4.79 Å². The van der Waals surface area contributed by atoms with Gasteiger partial charge in [0.05, 0.1) is 0 Å². The first-order chi connectivity index (χ1) is 8.25. The van der Waals surface area contributed by atoms with Crippen LogP contribution in [-0.2, 0) is 0 Å². The van der Waals surface area contributed by atoms with Crippen molar-refractivity contribution in [1.82, 2.24) is 15.5 Å². The molecular weight excluding hydrogens is 214 g/mol. The van der Waals surface area contributed by atoms with Crippen molar-refractivity contribution in [3.8, 4) is 0 Å². The highest BCUT2D eigenvalue weighted by Gasteiger charge is 2.20. The van der Waals surface area contributed by atoms with Crippen LogP contribution < -0.4 is 10.6 Å². The molecule has 1 unspecified atom stereocenters. The summed E-state index contributed by atoms with van der Waals surface area (Å²) in [5.41, 5.74) is 1.35. The predicted molar refractivity (Wildman–Crippen MR) is 68.9 cm³/mol. The van der Waals surface area contributed by atoms with Gasteiger partial charge in [-0.1, -0.05) is 18.6 Å². The summed E-state index contributed by atoms with van der Waals surface area (Å²) in [7, 11) is 0. The Balaban J connectivity index is 1.74. The van der Waals surface area contributed by atoms with Gasteiger partial charge in [-0.3, -0.25) is 0 Å². The topological polar surface area (TPSA) is 44.4 Å². The largest absolute Gasteiger partial charge is 0.334 e. The van der Waals surface area contributed by atoms with Gasteiger partial charge in [0, 0.05) is 26.2 Å². The molecule has 96 valence electrons. The summed E-state index contributed by atoms with van der Waals surface area (Å²) in [5, 5.41) is 6.31. The normalized spacial score (nSPS) is 25.4. The summed E-state index contributed by atoms with van der Waals surface area (Å²) in [6.07, 6.45) is 5.63. The quantitative estimate of drug-likeness (QED) is 0.712. The van der Waals surface area contributed by atoms with Crippen LogP contribution in [0.2, 0.25) is 0 Å². The fourth-order valence-corrected chi connectivity index (χ4v) is 2.50. The standard InChI is InChI=1S/C13H23N3O/c1-11-3-2-8-16(10-11)13(17)15-9-12-4-6-14-7-5-12/h4,11,14H,2-3,5-10H2,1H3,(H,15,17). The predicted octanol–water partition coefficient (Wildman–Crippen LogP) is 1.35. The van der Waals surface area contributed by atoms with Crippen LogP contribution in [0.25, 0.3) is 0 Å². The van der Waals surface area contributed by atoms with Crippen LogP contribution in [0, 0.1) is 5.92 Å². The molecule has 17 heavy (non-hydrogen) atoms. The molecular formula is C13H23N3O. The van der Waals surface area contributed by atoms with E-state index < -0.39 is 0 Å². The molecule has 0 aromatic heterocycles. The van der Waals surface area contributed by atoms with Crippen LogP contribution in [0.1, 0.15) is 26.2 Å². The maximum Gasteiger partial charge on any atom is 0.317 e. The first-order valence-corrected chi connectivity index (χ1v) is 6.67. The number of hydrogen-bond donors (Lipinski definition) is 2. The third-order valence-electron chi connectivity index (χ3n) is 3.57. The molecule has 0 saturated carbocycles. The number of nitrogens with one attached hydrogen (secondary N) is 2. The van der Waals surface area contributed by atoms with Gasteiger partial charge in [0.2, 0.25) is 0 Å². The second-order valence-electron chi connectivity index (χ2n) is 5.17. The Bertz CT molecular complexity index is 301. The van der Waals surface area contributed by atoms with E-state index in [1.54, 1.807) is 0 Å². The number of carbonyl (C=O) groups is 1. The molecule has 4 nitrogen and oxygen atoms in total. The van der Waals surface area contributed by atoms with Crippen LogP contribution >= 0.6 is 0 Å². The Labute approximate surface area is 103 Å². The van der Waals surface area contributed by atoms with E-state index in [1.807, 2.05) is 4.90 Å². The zero-order chi connectivity index (χ0) is 12.1. The number of urea groups is 1. The first-order valence-electron chi connectivity index (χ1n) is 6.67. The van der Waals surface area contributed by atoms with Gasteiger partial charge in [-0.25, -0.2) is 4.79 Å². The molecule has 2 heterocycles. The molecule has 1 atom stereocenters. The SMILES string of the molecule is CC1CCCN(C(=O)NCC2=CCNCC2)C1. The van der Waals surface area contributed by atoms with Gasteiger partial charge in [-0.2, -0.15) is 0 Å². The average molecular weight is 237 g/mol. The number of carbonyl (C=O) groups excluding carboxylic acids is 1. The van der Waals surface area contributed by atoms with Crippen molar-refractivity contribution < 1.29 is 4.79 Å². The molecule has 2 aliphatic heterocycles. The molecule has 0 spiro atoms. The van der Waals surface area contributed by atoms with Gasteiger partial charge in [0.25, 0.3) is 0 Å². The smallest absolute Gasteiger partial charge is 0.317 e. The van der Waals surface area contributed by atoms with Crippen molar-refractivity contribution in [3.63, 3.8) is 0 Å². The molecule has 2 N–H and O–H groups in total. The van der Waals surface area contributed by atoms with Crippen LogP contribution in [-0.4, -0.2) is 43.7 Å². The van der Waals surface area contributed by atoms with E-state index in [0.29, 0.717) is 12.5 Å². The first kappa shape index (κ1) is 12.4. The van der Waals surface area contributed by atoms with Gasteiger partial charge >= 0.3 is 6.03 Å². The Kier molecular flexibility index (Phi) is 4.42.